The summed E-state index contributed by atoms with van der Waals surface area (Å²) in [5, 5.41) is 8.06. The maximum absolute atomic E-state index is 13.2. The zero-order valence-electron chi connectivity index (χ0n) is 19.3. The van der Waals surface area contributed by atoms with Crippen LogP contribution in [0.25, 0.3) is 16.7 Å². The fourth-order valence-corrected chi connectivity index (χ4v) is 3.66. The molecule has 2 aromatic carbocycles. The van der Waals surface area contributed by atoms with E-state index in [1.54, 1.807) is 38.3 Å². The number of aromatic nitrogens is 3. The van der Waals surface area contributed by atoms with Crippen molar-refractivity contribution in [1.82, 2.24) is 14.8 Å². The van der Waals surface area contributed by atoms with Crippen LogP contribution in [0.5, 0.6) is 11.5 Å². The molecule has 0 saturated carbocycles. The third kappa shape index (κ3) is 4.15. The number of anilines is 1. The molecule has 0 radical (unpaired) electrons. The predicted molar refractivity (Wildman–Crippen MR) is 127 cm³/mol. The van der Waals surface area contributed by atoms with Crippen molar-refractivity contribution in [3.63, 3.8) is 0 Å². The van der Waals surface area contributed by atoms with E-state index in [4.69, 9.17) is 19.2 Å². The Kier molecular flexibility index (Phi) is 6.44. The molecule has 2 aromatic heterocycles. The van der Waals surface area contributed by atoms with Crippen LogP contribution in [-0.2, 0) is 4.74 Å². The Hall–Kier alpha value is -4.40. The molecule has 4 rings (SSSR count). The Morgan fingerprint density at radius 3 is 2.47 bits per heavy atom. The van der Waals surface area contributed by atoms with Crippen molar-refractivity contribution in [3.8, 4) is 17.3 Å². The molecular weight excluding hydrogens is 436 g/mol. The van der Waals surface area contributed by atoms with Gasteiger partial charge in [-0.1, -0.05) is 24.3 Å². The van der Waals surface area contributed by atoms with Gasteiger partial charge in [0.05, 0.1) is 32.6 Å². The quantitative estimate of drug-likeness (QED) is 0.413. The number of carbonyl (C=O) groups excluding carboxylic acids is 2. The van der Waals surface area contributed by atoms with Gasteiger partial charge in [-0.15, -0.1) is 0 Å². The maximum Gasteiger partial charge on any atom is 0.343 e. The first-order valence-electron chi connectivity index (χ1n) is 10.6. The number of aryl methyl sites for hydroxylation is 1. The summed E-state index contributed by atoms with van der Waals surface area (Å²) < 4.78 is 17.4. The lowest BCUT2D eigenvalue weighted by molar-refractivity contribution is 0.0527. The highest BCUT2D eigenvalue weighted by molar-refractivity contribution is 6.09. The molecule has 9 nitrogen and oxygen atoms in total. The first-order chi connectivity index (χ1) is 16.5. The summed E-state index contributed by atoms with van der Waals surface area (Å²) in [6.45, 7) is 3.82. The fourth-order valence-electron chi connectivity index (χ4n) is 3.66. The molecule has 9 heteroatoms. The summed E-state index contributed by atoms with van der Waals surface area (Å²) >= 11 is 0. The first-order valence-corrected chi connectivity index (χ1v) is 10.6. The van der Waals surface area contributed by atoms with Gasteiger partial charge in [-0.3, -0.25) is 4.79 Å². The van der Waals surface area contributed by atoms with Gasteiger partial charge in [-0.2, -0.15) is 9.78 Å². The van der Waals surface area contributed by atoms with E-state index in [1.807, 2.05) is 31.2 Å². The monoisotopic (exact) mass is 460 g/mol. The Balaban J connectivity index is 1.86. The van der Waals surface area contributed by atoms with E-state index in [0.29, 0.717) is 28.4 Å². The topological polar surface area (TPSA) is 105 Å². The number of para-hydroxylation sites is 2. The van der Waals surface area contributed by atoms with E-state index in [-0.39, 0.29) is 18.0 Å². The van der Waals surface area contributed by atoms with Gasteiger partial charge >= 0.3 is 5.97 Å². The van der Waals surface area contributed by atoms with Gasteiger partial charge in [0, 0.05) is 5.39 Å². The summed E-state index contributed by atoms with van der Waals surface area (Å²) in [7, 11) is 3.06. The summed E-state index contributed by atoms with van der Waals surface area (Å²) in [5.41, 5.74) is 1.96. The lowest BCUT2D eigenvalue weighted by atomic mass is 10.1. The van der Waals surface area contributed by atoms with Gasteiger partial charge in [0.1, 0.15) is 22.6 Å². The summed E-state index contributed by atoms with van der Waals surface area (Å²) in [6, 6.07) is 14.3. The number of nitrogens with zero attached hydrogens (tertiary/aromatic N) is 3. The van der Waals surface area contributed by atoms with E-state index in [1.165, 1.54) is 18.0 Å². The average molecular weight is 460 g/mol. The lowest BCUT2D eigenvalue weighted by Crippen LogP contribution is -2.19. The van der Waals surface area contributed by atoms with Crippen molar-refractivity contribution in [2.24, 2.45) is 0 Å². The number of rotatable bonds is 7. The normalized spacial score (nSPS) is 10.7. The summed E-state index contributed by atoms with van der Waals surface area (Å²) in [4.78, 5) is 30.5. The summed E-state index contributed by atoms with van der Waals surface area (Å²) in [6.07, 6.45) is 1.35. The predicted octanol–water partition coefficient (Wildman–Crippen LogP) is 4.18. The molecule has 0 aliphatic rings. The highest BCUT2D eigenvalue weighted by Crippen LogP contribution is 2.30. The van der Waals surface area contributed by atoms with Crippen LogP contribution in [0.1, 0.15) is 33.2 Å². The van der Waals surface area contributed by atoms with E-state index in [2.05, 4.69) is 10.4 Å². The molecule has 2 heterocycles. The van der Waals surface area contributed by atoms with E-state index < -0.39 is 11.9 Å². The molecule has 1 amide bonds. The molecular formula is C25H24N4O5. The standard InChI is InChI=1S/C25H24N4O5/c1-5-34-25(31)18-14-26-29(23(18)28-24(30)17-9-6-7-11-19(17)32-3)21-13-15(2)16-10-8-12-20(33-4)22(16)27-21/h6-14H,5H2,1-4H3,(H,28,30). The molecule has 174 valence electrons. The van der Waals surface area contributed by atoms with Crippen molar-refractivity contribution >= 4 is 28.6 Å². The Bertz CT molecular complexity index is 1380. The average Bonchev–Trinajstić information content (AvgIpc) is 3.27. The molecule has 34 heavy (non-hydrogen) atoms. The van der Waals surface area contributed by atoms with Crippen LogP contribution in [0.3, 0.4) is 0 Å². The number of fused-ring (bicyclic) bond motifs is 1. The fraction of sp³-hybridized carbons (Fsp3) is 0.200. The zero-order chi connectivity index (χ0) is 24.2. The van der Waals surface area contributed by atoms with Crippen LogP contribution in [-0.4, -0.2) is 47.5 Å². The molecule has 0 aliphatic heterocycles. The number of pyridine rings is 1. The smallest absolute Gasteiger partial charge is 0.343 e. The number of nitrogens with one attached hydrogen (secondary N) is 1. The third-order valence-corrected chi connectivity index (χ3v) is 5.28. The molecule has 0 aliphatic carbocycles. The highest BCUT2D eigenvalue weighted by Gasteiger charge is 2.24. The number of carbonyl (C=O) groups is 2. The van der Waals surface area contributed by atoms with Crippen molar-refractivity contribution in [3.05, 3.63) is 71.4 Å². The minimum atomic E-state index is -0.612. The molecule has 0 spiro atoms. The first kappa shape index (κ1) is 22.8. The van der Waals surface area contributed by atoms with Crippen molar-refractivity contribution in [2.75, 3.05) is 26.1 Å². The molecule has 4 aromatic rings. The van der Waals surface area contributed by atoms with Gasteiger partial charge in [0.25, 0.3) is 5.91 Å². The van der Waals surface area contributed by atoms with Crippen molar-refractivity contribution in [2.45, 2.75) is 13.8 Å². The number of ether oxygens (including phenoxy) is 3. The number of benzene rings is 2. The van der Waals surface area contributed by atoms with Crippen LogP contribution in [0.4, 0.5) is 5.82 Å². The van der Waals surface area contributed by atoms with Gasteiger partial charge in [-0.05, 0) is 43.7 Å². The maximum atomic E-state index is 13.2. The number of esters is 1. The second-order valence-electron chi connectivity index (χ2n) is 7.35. The molecule has 1 N–H and O–H groups in total. The second kappa shape index (κ2) is 9.62. The number of hydrogen-bond donors (Lipinski definition) is 1. The Morgan fingerprint density at radius 2 is 1.74 bits per heavy atom. The van der Waals surface area contributed by atoms with Crippen molar-refractivity contribution in [1.29, 1.82) is 0 Å². The molecule has 0 bridgehead atoms. The van der Waals surface area contributed by atoms with Gasteiger partial charge in [0.2, 0.25) is 0 Å². The lowest BCUT2D eigenvalue weighted by Gasteiger charge is -2.14. The summed E-state index contributed by atoms with van der Waals surface area (Å²) in [5.74, 6) is 0.447. The van der Waals surface area contributed by atoms with Crippen LogP contribution < -0.4 is 14.8 Å². The minimum Gasteiger partial charge on any atom is -0.496 e. The third-order valence-electron chi connectivity index (χ3n) is 5.28. The van der Waals surface area contributed by atoms with E-state index in [0.717, 1.165) is 10.9 Å². The van der Waals surface area contributed by atoms with Gasteiger partial charge < -0.3 is 19.5 Å². The van der Waals surface area contributed by atoms with Crippen LogP contribution in [0.2, 0.25) is 0 Å². The van der Waals surface area contributed by atoms with Crippen LogP contribution in [0, 0.1) is 6.92 Å². The largest absolute Gasteiger partial charge is 0.496 e. The SMILES string of the molecule is CCOC(=O)c1cnn(-c2cc(C)c3cccc(OC)c3n2)c1NC(=O)c1ccccc1OC. The minimum absolute atomic E-state index is 0.102. The van der Waals surface area contributed by atoms with Crippen molar-refractivity contribution < 1.29 is 23.8 Å². The second-order valence-corrected chi connectivity index (χ2v) is 7.35. The molecule has 0 atom stereocenters. The van der Waals surface area contributed by atoms with Gasteiger partial charge in [-0.25, -0.2) is 9.78 Å². The number of hydrogen-bond acceptors (Lipinski definition) is 7. The Morgan fingerprint density at radius 1 is 1.00 bits per heavy atom. The van der Waals surface area contributed by atoms with E-state index in [9.17, 15) is 9.59 Å². The Labute approximate surface area is 196 Å². The molecule has 0 unspecified atom stereocenters. The van der Waals surface area contributed by atoms with Crippen LogP contribution in [0.15, 0.2) is 54.7 Å². The highest BCUT2D eigenvalue weighted by atomic mass is 16.5. The van der Waals surface area contributed by atoms with E-state index >= 15 is 0 Å². The molecule has 0 saturated heterocycles. The zero-order valence-corrected chi connectivity index (χ0v) is 19.3. The number of amides is 1. The molecule has 0 fully saturated rings. The van der Waals surface area contributed by atoms with Gasteiger partial charge in [0.15, 0.2) is 11.6 Å². The number of methoxy groups -OCH3 is 2. The van der Waals surface area contributed by atoms with Crippen LogP contribution >= 0.6 is 0 Å².